The summed E-state index contributed by atoms with van der Waals surface area (Å²) in [6.45, 7) is 38.3. The summed E-state index contributed by atoms with van der Waals surface area (Å²) in [6.07, 6.45) is 18.1. The highest BCUT2D eigenvalue weighted by atomic mass is 28.4. The first-order valence-electron chi connectivity index (χ1n) is 18.0. The molecule has 0 unspecified atom stereocenters. The first-order chi connectivity index (χ1) is 19.6. The Morgan fingerprint density at radius 2 is 1.51 bits per heavy atom. The Morgan fingerprint density at radius 3 is 2.09 bits per heavy atom. The van der Waals surface area contributed by atoms with Gasteiger partial charge in [-0.2, -0.15) is 0 Å². The van der Waals surface area contributed by atoms with Crippen LogP contribution in [0.25, 0.3) is 0 Å². The van der Waals surface area contributed by atoms with Crippen molar-refractivity contribution in [2.24, 2.45) is 29.1 Å². The average Bonchev–Trinajstić information content (AvgIpc) is 3.20. The Labute approximate surface area is 271 Å². The molecule has 0 saturated heterocycles. The van der Waals surface area contributed by atoms with Crippen molar-refractivity contribution in [3.63, 3.8) is 0 Å². The van der Waals surface area contributed by atoms with Crippen LogP contribution in [0.5, 0.6) is 0 Å². The van der Waals surface area contributed by atoms with Crippen LogP contribution in [0.3, 0.4) is 0 Å². The largest absolute Gasteiger partial charge is 0.413 e. The van der Waals surface area contributed by atoms with Crippen LogP contribution >= 0.6 is 0 Å². The molecule has 3 aliphatic rings. The van der Waals surface area contributed by atoms with Crippen molar-refractivity contribution >= 4 is 16.6 Å². The first kappa shape index (κ1) is 37.0. The number of hydrogen-bond donors (Lipinski definition) is 0. The van der Waals surface area contributed by atoms with Gasteiger partial charge in [-0.15, -0.1) is 0 Å². The van der Waals surface area contributed by atoms with Crippen LogP contribution in [0.15, 0.2) is 35.5 Å². The number of allylic oxidation sites excluding steroid dienone is 3. The molecule has 0 aliphatic heterocycles. The monoisotopic (exact) mass is 629 g/mol. The molecule has 0 radical (unpaired) electrons. The standard InChI is InChI=1S/C39H72O2Si2/c1-28(2)18-16-19-29(3)34-23-24-35-31(20-17-25-39(34,35)11)21-22-32-26-33(40-42(12,13)37(5,6)7)27-36(30(32)4)41-43(14,15)38(8,9)10/h21-22,28-29,33-36H,4,16-20,23-27H2,1-3,5-15H3/b31-21+,32-22+/t29-,33-,34-,35+,36-,39-/m1/s1. The molecule has 43 heavy (non-hydrogen) atoms. The second-order valence-corrected chi connectivity index (χ2v) is 28.2. The molecular formula is C39H72O2Si2. The van der Waals surface area contributed by atoms with Crippen molar-refractivity contribution in [1.29, 1.82) is 0 Å². The van der Waals surface area contributed by atoms with Crippen molar-refractivity contribution in [2.75, 3.05) is 0 Å². The van der Waals surface area contributed by atoms with Crippen molar-refractivity contribution in [3.8, 4) is 0 Å². The molecule has 0 amide bonds. The van der Waals surface area contributed by atoms with Gasteiger partial charge >= 0.3 is 0 Å². The maximum atomic E-state index is 7.09. The Balaban J connectivity index is 1.87. The molecule has 6 atom stereocenters. The lowest BCUT2D eigenvalue weighted by molar-refractivity contribution is 0.0927. The maximum absolute atomic E-state index is 7.09. The fourth-order valence-corrected chi connectivity index (χ4v) is 10.7. The van der Waals surface area contributed by atoms with Gasteiger partial charge in [-0.1, -0.05) is 113 Å². The minimum atomic E-state index is -1.95. The fourth-order valence-electron chi connectivity index (χ4n) is 8.03. The zero-order valence-corrected chi connectivity index (χ0v) is 33.2. The predicted molar refractivity (Wildman–Crippen MR) is 195 cm³/mol. The number of fused-ring (bicyclic) bond motifs is 1. The van der Waals surface area contributed by atoms with Crippen molar-refractivity contribution in [1.82, 2.24) is 0 Å². The van der Waals surface area contributed by atoms with E-state index in [1.54, 1.807) is 5.57 Å². The maximum Gasteiger partial charge on any atom is 0.192 e. The first-order valence-corrected chi connectivity index (χ1v) is 23.8. The van der Waals surface area contributed by atoms with Crippen LogP contribution in [0.4, 0.5) is 0 Å². The predicted octanol–water partition coefficient (Wildman–Crippen LogP) is 12.6. The molecule has 3 aliphatic carbocycles. The topological polar surface area (TPSA) is 18.5 Å². The van der Waals surface area contributed by atoms with Gasteiger partial charge in [0.2, 0.25) is 0 Å². The third kappa shape index (κ3) is 8.69. The summed E-state index contributed by atoms with van der Waals surface area (Å²) >= 11 is 0. The van der Waals surface area contributed by atoms with E-state index in [1.165, 1.54) is 62.5 Å². The molecule has 4 heteroatoms. The van der Waals surface area contributed by atoms with Gasteiger partial charge in [-0.3, -0.25) is 0 Å². The van der Waals surface area contributed by atoms with E-state index < -0.39 is 16.6 Å². The minimum absolute atomic E-state index is 0.0493. The molecule has 0 aromatic carbocycles. The summed E-state index contributed by atoms with van der Waals surface area (Å²) < 4.78 is 14.2. The second-order valence-electron chi connectivity index (χ2n) is 18.7. The van der Waals surface area contributed by atoms with Gasteiger partial charge < -0.3 is 8.85 Å². The van der Waals surface area contributed by atoms with Crippen LogP contribution in [0, 0.1) is 29.1 Å². The van der Waals surface area contributed by atoms with Crippen molar-refractivity contribution in [3.05, 3.63) is 35.5 Å². The summed E-state index contributed by atoms with van der Waals surface area (Å²) in [6, 6.07) is 0. The highest BCUT2D eigenvalue weighted by Gasteiger charge is 2.50. The highest BCUT2D eigenvalue weighted by Crippen LogP contribution is 2.60. The zero-order valence-electron chi connectivity index (χ0n) is 31.2. The summed E-state index contributed by atoms with van der Waals surface area (Å²) in [5.74, 6) is 3.28. The van der Waals surface area contributed by atoms with E-state index in [9.17, 15) is 0 Å². The van der Waals surface area contributed by atoms with Crippen LogP contribution < -0.4 is 0 Å². The fraction of sp³-hybridized carbons (Fsp3) is 0.846. The summed E-state index contributed by atoms with van der Waals surface area (Å²) in [5, 5.41) is 0.366. The molecule has 0 heterocycles. The van der Waals surface area contributed by atoms with E-state index in [2.05, 4.69) is 108 Å². The molecule has 0 aromatic heterocycles. The van der Waals surface area contributed by atoms with Gasteiger partial charge in [0.1, 0.15) is 0 Å². The summed E-state index contributed by atoms with van der Waals surface area (Å²) in [5.41, 5.74) is 4.75. The number of rotatable bonds is 10. The third-order valence-corrected chi connectivity index (χ3v) is 21.9. The average molecular weight is 629 g/mol. The minimum Gasteiger partial charge on any atom is -0.413 e. The van der Waals surface area contributed by atoms with Crippen LogP contribution in [-0.2, 0) is 8.85 Å². The van der Waals surface area contributed by atoms with E-state index in [4.69, 9.17) is 15.4 Å². The second kappa shape index (κ2) is 13.7. The lowest BCUT2D eigenvalue weighted by atomic mass is 9.60. The van der Waals surface area contributed by atoms with Gasteiger partial charge in [0.15, 0.2) is 16.6 Å². The van der Waals surface area contributed by atoms with E-state index in [1.807, 2.05) is 0 Å². The van der Waals surface area contributed by atoms with Crippen molar-refractivity contribution < 1.29 is 8.85 Å². The van der Waals surface area contributed by atoms with Gasteiger partial charge in [-0.05, 0) is 115 Å². The summed E-state index contributed by atoms with van der Waals surface area (Å²) in [7, 11) is -3.86. The molecule has 3 saturated carbocycles. The van der Waals surface area contributed by atoms with Gasteiger partial charge in [-0.25, -0.2) is 0 Å². The highest BCUT2D eigenvalue weighted by molar-refractivity contribution is 6.74. The van der Waals surface area contributed by atoms with Crippen molar-refractivity contribution in [2.45, 2.75) is 182 Å². The molecule has 0 spiro atoms. The third-order valence-electron chi connectivity index (χ3n) is 12.9. The normalized spacial score (nSPS) is 32.1. The number of hydrogen-bond acceptors (Lipinski definition) is 2. The smallest absolute Gasteiger partial charge is 0.192 e. The molecule has 0 bridgehead atoms. The van der Waals surface area contributed by atoms with E-state index in [-0.39, 0.29) is 22.3 Å². The van der Waals surface area contributed by atoms with Gasteiger partial charge in [0.25, 0.3) is 0 Å². The molecule has 2 nitrogen and oxygen atoms in total. The Morgan fingerprint density at radius 1 is 0.907 bits per heavy atom. The molecule has 248 valence electrons. The molecular weight excluding hydrogens is 557 g/mol. The molecule has 3 rings (SSSR count). The summed E-state index contributed by atoms with van der Waals surface area (Å²) in [4.78, 5) is 0. The van der Waals surface area contributed by atoms with Gasteiger partial charge in [0, 0.05) is 6.42 Å². The van der Waals surface area contributed by atoms with E-state index in [0.717, 1.165) is 36.5 Å². The Bertz CT molecular complexity index is 1020. The molecule has 0 aromatic rings. The lowest BCUT2D eigenvalue weighted by Gasteiger charge is -2.46. The van der Waals surface area contributed by atoms with E-state index >= 15 is 0 Å². The van der Waals surface area contributed by atoms with Crippen LogP contribution in [0.2, 0.25) is 36.3 Å². The Hall–Kier alpha value is -0.426. The quantitative estimate of drug-likeness (QED) is 0.224. The lowest BCUT2D eigenvalue weighted by Crippen LogP contribution is -2.49. The SMILES string of the molecule is C=C1/C(=C/C=C2\CCC[C@]3(C)[C@@H]([C@H](C)CCCC(C)C)CC[C@@H]23)C[C@@H](O[Si](C)(C)C(C)(C)C)C[C@H]1O[Si](C)(C)C(C)(C)C. The zero-order chi connectivity index (χ0) is 32.6. The molecule has 3 fully saturated rings. The van der Waals surface area contributed by atoms with E-state index in [0.29, 0.717) is 5.41 Å². The van der Waals surface area contributed by atoms with Gasteiger partial charge in [0.05, 0.1) is 12.2 Å². The van der Waals surface area contributed by atoms with Crippen LogP contribution in [0.1, 0.15) is 133 Å². The van der Waals surface area contributed by atoms with Crippen LogP contribution in [-0.4, -0.2) is 28.8 Å². The molecule has 0 N–H and O–H groups in total. The Kier molecular flexibility index (Phi) is 11.8.